The van der Waals surface area contributed by atoms with E-state index < -0.39 is 0 Å². The summed E-state index contributed by atoms with van der Waals surface area (Å²) >= 11 is 0. The van der Waals surface area contributed by atoms with E-state index in [-0.39, 0.29) is 11.8 Å². The van der Waals surface area contributed by atoms with Crippen LogP contribution < -0.4 is 0 Å². The van der Waals surface area contributed by atoms with Gasteiger partial charge in [-0.25, -0.2) is 0 Å². The number of amides is 1. The van der Waals surface area contributed by atoms with Gasteiger partial charge in [-0.3, -0.25) is 9.48 Å². The van der Waals surface area contributed by atoms with Crippen molar-refractivity contribution in [2.45, 2.75) is 52.5 Å². The highest BCUT2D eigenvalue weighted by Gasteiger charge is 2.27. The summed E-state index contributed by atoms with van der Waals surface area (Å²) in [6.45, 7) is 7.88. The third kappa shape index (κ3) is 3.60. The van der Waals surface area contributed by atoms with Crippen LogP contribution in [-0.2, 0) is 11.3 Å². The number of aromatic nitrogens is 4. The van der Waals surface area contributed by atoms with E-state index in [2.05, 4.69) is 15.2 Å². The second-order valence-corrected chi connectivity index (χ2v) is 6.25. The molecule has 0 unspecified atom stereocenters. The van der Waals surface area contributed by atoms with E-state index in [4.69, 9.17) is 4.52 Å². The van der Waals surface area contributed by atoms with Gasteiger partial charge in [0.2, 0.25) is 11.8 Å². The third-order valence-electron chi connectivity index (χ3n) is 4.32. The predicted molar refractivity (Wildman–Crippen MR) is 83.9 cm³/mol. The molecular weight excluding hydrogens is 294 g/mol. The standard InChI is InChI=1S/C16H23N5O2/c1-11-9-12(2)21(18-11)8-6-15(22)20-7-4-5-14(10-20)16-17-13(3)23-19-16/h9,14H,4-8,10H2,1-3H3/t14-/m1/s1. The molecule has 1 amide bonds. The Labute approximate surface area is 135 Å². The van der Waals surface area contributed by atoms with Gasteiger partial charge in [0.1, 0.15) is 0 Å². The SMILES string of the molecule is Cc1cc(C)n(CCC(=O)N2CCC[C@@H](c3noc(C)n3)C2)n1. The van der Waals surface area contributed by atoms with Crippen molar-refractivity contribution in [1.82, 2.24) is 24.8 Å². The van der Waals surface area contributed by atoms with Gasteiger partial charge in [-0.05, 0) is 32.8 Å². The van der Waals surface area contributed by atoms with Gasteiger partial charge in [0.05, 0.1) is 5.69 Å². The second-order valence-electron chi connectivity index (χ2n) is 6.25. The average molecular weight is 317 g/mol. The zero-order valence-corrected chi connectivity index (χ0v) is 13.9. The lowest BCUT2D eigenvalue weighted by Crippen LogP contribution is -2.39. The molecule has 0 aliphatic carbocycles. The van der Waals surface area contributed by atoms with Gasteiger partial charge in [-0.1, -0.05) is 5.16 Å². The number of aryl methyl sites for hydroxylation is 4. The molecule has 0 spiro atoms. The number of carbonyl (C=O) groups excluding carboxylic acids is 1. The Bertz CT molecular complexity index is 690. The first-order valence-corrected chi connectivity index (χ1v) is 8.12. The maximum absolute atomic E-state index is 12.5. The first-order valence-electron chi connectivity index (χ1n) is 8.12. The van der Waals surface area contributed by atoms with Crippen LogP contribution >= 0.6 is 0 Å². The number of carbonyl (C=O) groups is 1. The Kier molecular flexibility index (Phi) is 4.45. The Morgan fingerprint density at radius 1 is 1.39 bits per heavy atom. The normalized spacial score (nSPS) is 18.4. The lowest BCUT2D eigenvalue weighted by Gasteiger charge is -2.31. The summed E-state index contributed by atoms with van der Waals surface area (Å²) in [6.07, 6.45) is 2.45. The first-order chi connectivity index (χ1) is 11.0. The number of nitrogens with zero attached hydrogens (tertiary/aromatic N) is 5. The Hall–Kier alpha value is -2.18. The molecule has 1 aliphatic rings. The van der Waals surface area contributed by atoms with Gasteiger partial charge in [0.25, 0.3) is 0 Å². The fourth-order valence-electron chi connectivity index (χ4n) is 3.16. The topological polar surface area (TPSA) is 77.0 Å². The van der Waals surface area contributed by atoms with Crippen molar-refractivity contribution in [2.75, 3.05) is 13.1 Å². The Morgan fingerprint density at radius 2 is 2.22 bits per heavy atom. The van der Waals surface area contributed by atoms with Gasteiger partial charge in [-0.2, -0.15) is 10.1 Å². The number of rotatable bonds is 4. The minimum absolute atomic E-state index is 0.169. The van der Waals surface area contributed by atoms with Crippen LogP contribution in [0.15, 0.2) is 10.6 Å². The van der Waals surface area contributed by atoms with Gasteiger partial charge in [-0.15, -0.1) is 0 Å². The van der Waals surface area contributed by atoms with Crippen LogP contribution in [0.25, 0.3) is 0 Å². The molecule has 2 aromatic rings. The van der Waals surface area contributed by atoms with Crippen molar-refractivity contribution in [2.24, 2.45) is 0 Å². The highest BCUT2D eigenvalue weighted by Crippen LogP contribution is 2.25. The predicted octanol–water partition coefficient (Wildman–Crippen LogP) is 1.99. The highest BCUT2D eigenvalue weighted by atomic mass is 16.5. The van der Waals surface area contributed by atoms with E-state index in [1.54, 1.807) is 6.92 Å². The molecule has 0 N–H and O–H groups in total. The number of hydrogen-bond acceptors (Lipinski definition) is 5. The van der Waals surface area contributed by atoms with Gasteiger partial charge < -0.3 is 9.42 Å². The van der Waals surface area contributed by atoms with Crippen LogP contribution in [0.5, 0.6) is 0 Å². The molecule has 7 heteroatoms. The summed E-state index contributed by atoms with van der Waals surface area (Å²) in [6, 6.07) is 2.03. The zero-order chi connectivity index (χ0) is 16.4. The number of piperidine rings is 1. The van der Waals surface area contributed by atoms with E-state index in [0.717, 1.165) is 36.6 Å². The molecule has 23 heavy (non-hydrogen) atoms. The second kappa shape index (κ2) is 6.52. The molecule has 1 atom stereocenters. The molecule has 0 radical (unpaired) electrons. The van der Waals surface area contributed by atoms with Crippen molar-refractivity contribution in [1.29, 1.82) is 0 Å². The van der Waals surface area contributed by atoms with E-state index in [1.165, 1.54) is 0 Å². The summed E-state index contributed by atoms with van der Waals surface area (Å²) in [4.78, 5) is 18.7. The fourth-order valence-corrected chi connectivity index (χ4v) is 3.16. The van der Waals surface area contributed by atoms with Crippen LogP contribution in [-0.4, -0.2) is 43.8 Å². The van der Waals surface area contributed by atoms with Crippen LogP contribution in [0.1, 0.15) is 48.3 Å². The smallest absolute Gasteiger partial charge is 0.224 e. The van der Waals surface area contributed by atoms with Crippen LogP contribution in [0.3, 0.4) is 0 Å². The van der Waals surface area contributed by atoms with Crippen LogP contribution in [0.4, 0.5) is 0 Å². The molecule has 124 valence electrons. The minimum atomic E-state index is 0.169. The third-order valence-corrected chi connectivity index (χ3v) is 4.32. The molecule has 7 nitrogen and oxygen atoms in total. The molecule has 0 saturated carbocycles. The summed E-state index contributed by atoms with van der Waals surface area (Å²) in [5.41, 5.74) is 2.08. The summed E-state index contributed by atoms with van der Waals surface area (Å²) < 4.78 is 6.96. The lowest BCUT2D eigenvalue weighted by molar-refractivity contribution is -0.132. The molecule has 0 aromatic carbocycles. The first kappa shape index (κ1) is 15.7. The maximum Gasteiger partial charge on any atom is 0.224 e. The van der Waals surface area contributed by atoms with E-state index in [0.29, 0.717) is 25.4 Å². The molecule has 2 aromatic heterocycles. The molecule has 0 bridgehead atoms. The quantitative estimate of drug-likeness (QED) is 0.862. The monoisotopic (exact) mass is 317 g/mol. The van der Waals surface area contributed by atoms with E-state index in [9.17, 15) is 4.79 Å². The van der Waals surface area contributed by atoms with Crippen molar-refractivity contribution in [3.8, 4) is 0 Å². The van der Waals surface area contributed by atoms with Crippen molar-refractivity contribution in [3.63, 3.8) is 0 Å². The minimum Gasteiger partial charge on any atom is -0.342 e. The number of likely N-dealkylation sites (tertiary alicyclic amines) is 1. The average Bonchev–Trinajstić information content (AvgIpc) is 3.10. The highest BCUT2D eigenvalue weighted by molar-refractivity contribution is 5.76. The zero-order valence-electron chi connectivity index (χ0n) is 13.9. The van der Waals surface area contributed by atoms with Crippen molar-refractivity contribution < 1.29 is 9.32 Å². The van der Waals surface area contributed by atoms with E-state index >= 15 is 0 Å². The summed E-state index contributed by atoms with van der Waals surface area (Å²) in [7, 11) is 0. The molecular formula is C16H23N5O2. The van der Waals surface area contributed by atoms with Crippen LogP contribution in [0.2, 0.25) is 0 Å². The van der Waals surface area contributed by atoms with Crippen LogP contribution in [0, 0.1) is 20.8 Å². The van der Waals surface area contributed by atoms with Crippen molar-refractivity contribution in [3.05, 3.63) is 29.2 Å². The van der Waals surface area contributed by atoms with Gasteiger partial charge in [0, 0.05) is 44.6 Å². The van der Waals surface area contributed by atoms with Crippen molar-refractivity contribution >= 4 is 5.91 Å². The molecule has 1 saturated heterocycles. The Morgan fingerprint density at radius 3 is 2.87 bits per heavy atom. The number of hydrogen-bond donors (Lipinski definition) is 0. The molecule has 3 rings (SSSR count). The molecule has 3 heterocycles. The maximum atomic E-state index is 12.5. The Balaban J connectivity index is 1.57. The van der Waals surface area contributed by atoms with Gasteiger partial charge >= 0.3 is 0 Å². The molecule has 1 aliphatic heterocycles. The summed E-state index contributed by atoms with van der Waals surface area (Å²) in [5, 5.41) is 8.41. The molecule has 1 fully saturated rings. The van der Waals surface area contributed by atoms with Gasteiger partial charge in [0.15, 0.2) is 5.82 Å². The largest absolute Gasteiger partial charge is 0.342 e. The summed E-state index contributed by atoms with van der Waals surface area (Å²) in [5.74, 6) is 1.65. The fraction of sp³-hybridized carbons (Fsp3) is 0.625. The van der Waals surface area contributed by atoms with E-state index in [1.807, 2.05) is 29.5 Å². The lowest BCUT2D eigenvalue weighted by atomic mass is 9.97.